The van der Waals surface area contributed by atoms with Crippen LogP contribution in [0.3, 0.4) is 0 Å². The van der Waals surface area contributed by atoms with E-state index in [0.29, 0.717) is 41.6 Å². The molecule has 34 heavy (non-hydrogen) atoms. The van der Waals surface area contributed by atoms with E-state index in [-0.39, 0.29) is 24.5 Å². The van der Waals surface area contributed by atoms with Crippen molar-refractivity contribution >= 4 is 35.5 Å². The average Bonchev–Trinajstić information content (AvgIpc) is 2.83. The highest BCUT2D eigenvalue weighted by Crippen LogP contribution is 2.23. The molecule has 0 radical (unpaired) electrons. The van der Waals surface area contributed by atoms with Crippen molar-refractivity contribution in [3.8, 4) is 5.75 Å². The second kappa shape index (κ2) is 16.0. The quantitative estimate of drug-likeness (QED) is 0.163. The van der Waals surface area contributed by atoms with E-state index >= 15 is 0 Å². The summed E-state index contributed by atoms with van der Waals surface area (Å²) in [6.07, 6.45) is 2.04. The summed E-state index contributed by atoms with van der Waals surface area (Å²) in [6, 6.07) is 14.1. The molecule has 0 aliphatic rings. The number of para-hydroxylation sites is 1. The van der Waals surface area contributed by atoms with Gasteiger partial charge in [-0.15, -0.1) is 0 Å². The number of hydrogen-bond acceptors (Lipinski definition) is 4. The van der Waals surface area contributed by atoms with Gasteiger partial charge in [0.2, 0.25) is 6.41 Å². The van der Waals surface area contributed by atoms with E-state index in [1.807, 2.05) is 50.2 Å². The molecule has 0 bridgehead atoms. The van der Waals surface area contributed by atoms with Crippen molar-refractivity contribution in [3.05, 3.63) is 75.5 Å². The number of nitrogens with one attached hydrogen (secondary N) is 1. The summed E-state index contributed by atoms with van der Waals surface area (Å²) >= 11 is 11.9. The fraction of sp³-hybridized carbons (Fsp3) is 0.385. The zero-order valence-electron chi connectivity index (χ0n) is 20.2. The van der Waals surface area contributed by atoms with Crippen LogP contribution in [0.4, 0.5) is 0 Å². The van der Waals surface area contributed by atoms with Gasteiger partial charge in [0, 0.05) is 6.54 Å². The Kier molecular flexibility index (Phi) is 13.8. The first-order valence-corrected chi connectivity index (χ1v) is 12.1. The Balaban J connectivity index is 0.00000281. The van der Waals surface area contributed by atoms with E-state index < -0.39 is 11.9 Å². The number of allylic oxidation sites excluding steroid dienone is 1. The second-order valence-corrected chi connectivity index (χ2v) is 8.10. The third-order valence-corrected chi connectivity index (χ3v) is 5.70. The molecule has 1 atom stereocenters. The molecule has 0 aliphatic heterocycles. The predicted molar refractivity (Wildman–Crippen MR) is 139 cm³/mol. The monoisotopic (exact) mass is 508 g/mol. The van der Waals surface area contributed by atoms with Crippen LogP contribution in [0.2, 0.25) is 10.0 Å². The van der Waals surface area contributed by atoms with Crippen LogP contribution in [0, 0.1) is 0 Å². The summed E-state index contributed by atoms with van der Waals surface area (Å²) in [6.45, 7) is 8.06. The molecule has 8 heteroatoms. The number of rotatable bonds is 12. The number of ether oxygens (including phenoxy) is 1. The molecule has 0 aromatic heterocycles. The number of aliphatic hydroxyl groups excluding tert-OH is 1. The molecular weight excluding hydrogens is 475 g/mol. The standard InChI is InChI=1S/C24H28Cl2N2O4.C2H6/c1-17(28(16-29)13-14-32-20-8-4-3-5-9-20)23(18(2)30)24(31)27-12-6-7-19-10-11-21(25)22(26)15-19;1-2/h3-5,8-11,15-17,30H,6-7,12-14H2,1-2H3,(H,27,31);1-2H3/b23-18-;. The number of aliphatic hydroxyl groups is 1. The van der Waals surface area contributed by atoms with E-state index in [2.05, 4.69) is 5.32 Å². The van der Waals surface area contributed by atoms with Crippen LogP contribution in [-0.4, -0.2) is 48.1 Å². The third kappa shape index (κ3) is 9.65. The van der Waals surface area contributed by atoms with Crippen LogP contribution in [0.1, 0.15) is 39.7 Å². The molecule has 2 amide bonds. The molecular formula is C26H34Cl2N2O4. The zero-order valence-corrected chi connectivity index (χ0v) is 21.7. The topological polar surface area (TPSA) is 78.9 Å². The van der Waals surface area contributed by atoms with Gasteiger partial charge in [0.1, 0.15) is 12.4 Å². The maximum Gasteiger partial charge on any atom is 0.252 e. The van der Waals surface area contributed by atoms with Crippen molar-refractivity contribution < 1.29 is 19.4 Å². The number of hydrogen-bond donors (Lipinski definition) is 2. The average molecular weight is 509 g/mol. The summed E-state index contributed by atoms with van der Waals surface area (Å²) in [5.41, 5.74) is 1.16. The van der Waals surface area contributed by atoms with Gasteiger partial charge in [0.05, 0.1) is 34.0 Å². The van der Waals surface area contributed by atoms with Gasteiger partial charge in [-0.05, 0) is 56.5 Å². The highest BCUT2D eigenvalue weighted by Gasteiger charge is 2.24. The molecule has 2 N–H and O–H groups in total. The first-order valence-electron chi connectivity index (χ1n) is 11.3. The minimum Gasteiger partial charge on any atom is -0.512 e. The number of aryl methyl sites for hydroxylation is 1. The Morgan fingerprint density at radius 2 is 1.82 bits per heavy atom. The second-order valence-electron chi connectivity index (χ2n) is 7.29. The van der Waals surface area contributed by atoms with Gasteiger partial charge in [-0.2, -0.15) is 0 Å². The number of amides is 2. The molecule has 1 unspecified atom stereocenters. The molecule has 2 aromatic rings. The lowest BCUT2D eigenvalue weighted by molar-refractivity contribution is -0.121. The highest BCUT2D eigenvalue weighted by atomic mass is 35.5. The Morgan fingerprint density at radius 3 is 2.41 bits per heavy atom. The molecule has 6 nitrogen and oxygen atoms in total. The number of halogens is 2. The van der Waals surface area contributed by atoms with Crippen molar-refractivity contribution in [2.45, 2.75) is 46.6 Å². The molecule has 0 heterocycles. The maximum absolute atomic E-state index is 12.7. The van der Waals surface area contributed by atoms with E-state index in [9.17, 15) is 14.7 Å². The van der Waals surface area contributed by atoms with Crippen LogP contribution >= 0.6 is 23.2 Å². The van der Waals surface area contributed by atoms with Crippen LogP contribution in [-0.2, 0) is 16.0 Å². The normalized spacial score (nSPS) is 11.9. The van der Waals surface area contributed by atoms with E-state index in [0.717, 1.165) is 5.56 Å². The summed E-state index contributed by atoms with van der Waals surface area (Å²) in [7, 11) is 0. The molecule has 2 rings (SSSR count). The van der Waals surface area contributed by atoms with Gasteiger partial charge >= 0.3 is 0 Å². The highest BCUT2D eigenvalue weighted by molar-refractivity contribution is 6.42. The van der Waals surface area contributed by atoms with Gasteiger partial charge < -0.3 is 20.1 Å². The molecule has 0 fully saturated rings. The molecule has 2 aromatic carbocycles. The number of benzene rings is 2. The van der Waals surface area contributed by atoms with Crippen molar-refractivity contribution in [3.63, 3.8) is 0 Å². The largest absolute Gasteiger partial charge is 0.512 e. The van der Waals surface area contributed by atoms with Crippen LogP contribution in [0.5, 0.6) is 5.75 Å². The number of carbonyl (C=O) groups excluding carboxylic acids is 2. The van der Waals surface area contributed by atoms with Gasteiger partial charge in [-0.25, -0.2) is 0 Å². The summed E-state index contributed by atoms with van der Waals surface area (Å²) < 4.78 is 5.63. The van der Waals surface area contributed by atoms with Crippen molar-refractivity contribution in [1.29, 1.82) is 0 Å². The first-order chi connectivity index (χ1) is 16.3. The third-order valence-electron chi connectivity index (χ3n) is 4.96. The lowest BCUT2D eigenvalue weighted by Gasteiger charge is -2.27. The van der Waals surface area contributed by atoms with Crippen LogP contribution < -0.4 is 10.1 Å². The van der Waals surface area contributed by atoms with E-state index in [1.165, 1.54) is 11.8 Å². The van der Waals surface area contributed by atoms with Gasteiger partial charge in [-0.1, -0.05) is 61.3 Å². The lowest BCUT2D eigenvalue weighted by atomic mass is 10.0. The smallest absolute Gasteiger partial charge is 0.252 e. The SMILES string of the molecule is C/C(O)=C(/C(=O)NCCCc1ccc(Cl)c(Cl)c1)C(C)N(C=O)CCOc1ccccc1.CC. The molecule has 0 saturated heterocycles. The first kappa shape index (κ1) is 29.3. The molecule has 0 aliphatic carbocycles. The molecule has 186 valence electrons. The Hall–Kier alpha value is -2.70. The van der Waals surface area contributed by atoms with Crippen molar-refractivity contribution in [2.24, 2.45) is 0 Å². The Bertz CT molecular complexity index is 932. The summed E-state index contributed by atoms with van der Waals surface area (Å²) in [4.78, 5) is 25.8. The predicted octanol–water partition coefficient (Wildman–Crippen LogP) is 5.83. The lowest BCUT2D eigenvalue weighted by Crippen LogP contribution is -2.42. The van der Waals surface area contributed by atoms with Crippen molar-refractivity contribution in [1.82, 2.24) is 10.2 Å². The maximum atomic E-state index is 12.7. The Morgan fingerprint density at radius 1 is 1.15 bits per heavy atom. The van der Waals surface area contributed by atoms with Crippen LogP contribution in [0.25, 0.3) is 0 Å². The molecule has 0 spiro atoms. The zero-order chi connectivity index (χ0) is 25.5. The number of nitrogens with zero attached hydrogens (tertiary/aromatic N) is 1. The van der Waals surface area contributed by atoms with Gasteiger partial charge in [0.25, 0.3) is 5.91 Å². The minimum absolute atomic E-state index is 0.129. The fourth-order valence-electron chi connectivity index (χ4n) is 3.23. The Labute approximate surface area is 212 Å². The molecule has 0 saturated carbocycles. The summed E-state index contributed by atoms with van der Waals surface area (Å²) in [5, 5.41) is 13.9. The van der Waals surface area contributed by atoms with E-state index in [1.54, 1.807) is 19.1 Å². The van der Waals surface area contributed by atoms with E-state index in [4.69, 9.17) is 27.9 Å². The van der Waals surface area contributed by atoms with Gasteiger partial charge in [-0.3, -0.25) is 9.59 Å². The number of carbonyl (C=O) groups is 2. The van der Waals surface area contributed by atoms with Gasteiger partial charge in [0.15, 0.2) is 0 Å². The summed E-state index contributed by atoms with van der Waals surface area (Å²) in [5.74, 6) is 0.151. The van der Waals surface area contributed by atoms with Crippen LogP contribution in [0.15, 0.2) is 59.9 Å². The fourth-order valence-corrected chi connectivity index (χ4v) is 3.55. The van der Waals surface area contributed by atoms with Crippen molar-refractivity contribution in [2.75, 3.05) is 19.7 Å². The minimum atomic E-state index is -0.619.